The van der Waals surface area contributed by atoms with Gasteiger partial charge in [-0.3, -0.25) is 0 Å². The first kappa shape index (κ1) is 21.5. The summed E-state index contributed by atoms with van der Waals surface area (Å²) in [6, 6.07) is 24.1. The van der Waals surface area contributed by atoms with Gasteiger partial charge in [0.1, 0.15) is 0 Å². The van der Waals surface area contributed by atoms with E-state index in [-0.39, 0.29) is 6.04 Å². The summed E-state index contributed by atoms with van der Waals surface area (Å²) in [7, 11) is -3.70. The summed E-state index contributed by atoms with van der Waals surface area (Å²) in [6.07, 6.45) is 2.44. The van der Waals surface area contributed by atoms with Crippen molar-refractivity contribution in [2.75, 3.05) is 6.54 Å². The normalized spacial score (nSPS) is 18.7. The van der Waals surface area contributed by atoms with Crippen LogP contribution in [0.2, 0.25) is 0 Å². The van der Waals surface area contributed by atoms with Crippen molar-refractivity contribution in [3.8, 4) is 0 Å². The molecule has 1 atom stereocenters. The molecular formula is C27H29NO2S. The molecular weight excluding hydrogens is 402 g/mol. The average molecular weight is 432 g/mol. The Labute approximate surface area is 186 Å². The van der Waals surface area contributed by atoms with Gasteiger partial charge in [-0.2, -0.15) is 4.31 Å². The topological polar surface area (TPSA) is 37.4 Å². The minimum absolute atomic E-state index is 0.287. The molecule has 1 heterocycles. The second-order valence-electron chi connectivity index (χ2n) is 8.60. The Bertz CT molecular complexity index is 1140. The second kappa shape index (κ2) is 8.10. The first-order valence-electron chi connectivity index (χ1n) is 10.6. The molecule has 1 aliphatic heterocycles. The van der Waals surface area contributed by atoms with Crippen LogP contribution in [0.15, 0.2) is 90.3 Å². The third-order valence-electron chi connectivity index (χ3n) is 6.45. The molecule has 0 saturated carbocycles. The van der Waals surface area contributed by atoms with E-state index in [2.05, 4.69) is 30.8 Å². The quantitative estimate of drug-likeness (QED) is 0.497. The molecule has 31 heavy (non-hydrogen) atoms. The van der Waals surface area contributed by atoms with Crippen LogP contribution in [0.1, 0.15) is 34.2 Å². The van der Waals surface area contributed by atoms with Crippen LogP contribution in [0.5, 0.6) is 0 Å². The van der Waals surface area contributed by atoms with Gasteiger partial charge in [-0.25, -0.2) is 8.42 Å². The van der Waals surface area contributed by atoms with Gasteiger partial charge >= 0.3 is 0 Å². The molecule has 0 bridgehead atoms. The number of aryl methyl sites for hydroxylation is 3. The first-order valence-corrected chi connectivity index (χ1v) is 12.1. The van der Waals surface area contributed by atoms with E-state index in [0.29, 0.717) is 17.9 Å². The number of nitrogens with zero attached hydrogens (tertiary/aromatic N) is 1. The van der Waals surface area contributed by atoms with E-state index in [1.165, 1.54) is 0 Å². The van der Waals surface area contributed by atoms with E-state index >= 15 is 0 Å². The Morgan fingerprint density at radius 2 is 1.39 bits per heavy atom. The number of hydrogen-bond donors (Lipinski definition) is 0. The zero-order valence-electron chi connectivity index (χ0n) is 18.4. The fraction of sp³-hybridized carbons (Fsp3) is 0.259. The number of hydrogen-bond acceptors (Lipinski definition) is 2. The van der Waals surface area contributed by atoms with E-state index < -0.39 is 15.4 Å². The fourth-order valence-electron chi connectivity index (χ4n) is 5.16. The Morgan fingerprint density at radius 1 is 0.903 bits per heavy atom. The molecule has 1 saturated heterocycles. The maximum atomic E-state index is 14.0. The monoisotopic (exact) mass is 431 g/mol. The van der Waals surface area contributed by atoms with Crippen LogP contribution in [0, 0.1) is 20.8 Å². The van der Waals surface area contributed by atoms with Crippen LogP contribution >= 0.6 is 0 Å². The molecule has 0 aromatic heterocycles. The van der Waals surface area contributed by atoms with Gasteiger partial charge < -0.3 is 0 Å². The summed E-state index contributed by atoms with van der Waals surface area (Å²) < 4.78 is 29.6. The summed E-state index contributed by atoms with van der Waals surface area (Å²) in [5, 5.41) is 0. The largest absolute Gasteiger partial charge is 0.244 e. The minimum atomic E-state index is -3.70. The molecule has 3 aromatic rings. The van der Waals surface area contributed by atoms with Crippen molar-refractivity contribution in [2.24, 2.45) is 0 Å². The predicted octanol–water partition coefficient (Wildman–Crippen LogP) is 5.55. The van der Waals surface area contributed by atoms with Crippen molar-refractivity contribution in [3.63, 3.8) is 0 Å². The van der Waals surface area contributed by atoms with Crippen molar-refractivity contribution >= 4 is 10.0 Å². The van der Waals surface area contributed by atoms with Crippen molar-refractivity contribution in [3.05, 3.63) is 113 Å². The van der Waals surface area contributed by atoms with Gasteiger partial charge in [0, 0.05) is 18.0 Å². The van der Waals surface area contributed by atoms with Gasteiger partial charge in [0.25, 0.3) is 0 Å². The molecule has 1 fully saturated rings. The molecule has 1 unspecified atom stereocenters. The van der Waals surface area contributed by atoms with Gasteiger partial charge in [0.2, 0.25) is 10.0 Å². The summed E-state index contributed by atoms with van der Waals surface area (Å²) in [6.45, 7) is 10.1. The lowest BCUT2D eigenvalue weighted by Gasteiger charge is -2.31. The SMILES string of the molecule is C=CC1CC(c2ccccc2)(c2ccccc2)CN1S(=O)(=O)c1c(C)cc(C)cc1C. The molecule has 0 aliphatic carbocycles. The molecule has 3 aromatic carbocycles. The van der Waals surface area contributed by atoms with E-state index in [9.17, 15) is 8.42 Å². The lowest BCUT2D eigenvalue weighted by Crippen LogP contribution is -2.38. The Hall–Kier alpha value is -2.69. The Kier molecular flexibility index (Phi) is 5.63. The minimum Gasteiger partial charge on any atom is -0.207 e. The van der Waals surface area contributed by atoms with Crippen molar-refractivity contribution in [2.45, 2.75) is 43.5 Å². The molecule has 160 valence electrons. The third kappa shape index (κ3) is 3.64. The summed E-state index contributed by atoms with van der Waals surface area (Å²) in [4.78, 5) is 0.418. The molecule has 4 heteroatoms. The van der Waals surface area contributed by atoms with Gasteiger partial charge in [0.05, 0.1) is 4.90 Å². The Balaban J connectivity index is 1.89. The highest BCUT2D eigenvalue weighted by atomic mass is 32.2. The van der Waals surface area contributed by atoms with E-state index in [4.69, 9.17) is 0 Å². The van der Waals surface area contributed by atoms with Crippen molar-refractivity contribution in [1.29, 1.82) is 0 Å². The number of rotatable bonds is 5. The second-order valence-corrected chi connectivity index (χ2v) is 10.4. The van der Waals surface area contributed by atoms with Crippen LogP contribution in [-0.4, -0.2) is 25.3 Å². The smallest absolute Gasteiger partial charge is 0.207 e. The number of sulfonamides is 1. The van der Waals surface area contributed by atoms with Gasteiger partial charge in [0.15, 0.2) is 0 Å². The molecule has 3 nitrogen and oxygen atoms in total. The van der Waals surface area contributed by atoms with E-state index in [1.807, 2.05) is 69.3 Å². The first-order chi connectivity index (χ1) is 14.8. The van der Waals surface area contributed by atoms with Gasteiger partial charge in [-0.1, -0.05) is 84.4 Å². The highest BCUT2D eigenvalue weighted by Crippen LogP contribution is 2.46. The molecule has 0 spiro atoms. The molecule has 4 rings (SSSR count). The van der Waals surface area contributed by atoms with Crippen LogP contribution in [0.25, 0.3) is 0 Å². The lowest BCUT2D eigenvalue weighted by atomic mass is 9.73. The maximum absolute atomic E-state index is 14.0. The van der Waals surface area contributed by atoms with E-state index in [0.717, 1.165) is 27.8 Å². The zero-order valence-corrected chi connectivity index (χ0v) is 19.2. The van der Waals surface area contributed by atoms with E-state index in [1.54, 1.807) is 10.4 Å². The highest BCUT2D eigenvalue weighted by Gasteiger charge is 2.50. The fourth-order valence-corrected chi connectivity index (χ4v) is 7.23. The third-order valence-corrected chi connectivity index (χ3v) is 8.63. The molecule has 0 radical (unpaired) electrons. The average Bonchev–Trinajstić information content (AvgIpc) is 3.16. The van der Waals surface area contributed by atoms with Crippen molar-refractivity contribution < 1.29 is 8.42 Å². The lowest BCUT2D eigenvalue weighted by molar-refractivity contribution is 0.422. The standard InChI is InChI=1S/C27H29NO2S/c1-5-25-18-27(23-12-8-6-9-13-23,24-14-10-7-11-15-24)19-28(25)31(29,30)26-21(3)16-20(2)17-22(26)4/h5-17,25H,1,18-19H2,2-4H3. The summed E-state index contributed by atoms with van der Waals surface area (Å²) >= 11 is 0. The van der Waals surface area contributed by atoms with Gasteiger partial charge in [-0.05, 0) is 49.4 Å². The molecule has 0 amide bonds. The Morgan fingerprint density at radius 3 is 1.84 bits per heavy atom. The zero-order chi connectivity index (χ0) is 22.2. The number of benzene rings is 3. The van der Waals surface area contributed by atoms with Gasteiger partial charge in [-0.15, -0.1) is 6.58 Å². The van der Waals surface area contributed by atoms with Crippen LogP contribution in [0.3, 0.4) is 0 Å². The van der Waals surface area contributed by atoms with Crippen LogP contribution in [0.4, 0.5) is 0 Å². The highest BCUT2D eigenvalue weighted by molar-refractivity contribution is 7.89. The van der Waals surface area contributed by atoms with Crippen molar-refractivity contribution in [1.82, 2.24) is 4.31 Å². The predicted molar refractivity (Wildman–Crippen MR) is 127 cm³/mol. The molecule has 1 aliphatic rings. The maximum Gasteiger partial charge on any atom is 0.244 e. The van der Waals surface area contributed by atoms with Crippen LogP contribution in [-0.2, 0) is 15.4 Å². The summed E-state index contributed by atoms with van der Waals surface area (Å²) in [5.74, 6) is 0. The summed E-state index contributed by atoms with van der Waals surface area (Å²) in [5.41, 5.74) is 4.47. The van der Waals surface area contributed by atoms with Crippen LogP contribution < -0.4 is 0 Å². The molecule has 0 N–H and O–H groups in total.